The minimum atomic E-state index is -0.353. The molecule has 1 heterocycles. The van der Waals surface area contributed by atoms with Crippen molar-refractivity contribution in [3.05, 3.63) is 83.9 Å². The number of hydrazone groups is 1. The quantitative estimate of drug-likeness (QED) is 0.332. The number of para-hydroxylation sites is 1. The second-order valence-corrected chi connectivity index (χ2v) is 7.08. The molecule has 0 spiro atoms. The van der Waals surface area contributed by atoms with E-state index in [-0.39, 0.29) is 5.91 Å². The molecule has 1 amide bonds. The Morgan fingerprint density at radius 1 is 0.879 bits per heavy atom. The number of carbonyl (C=O) groups is 1. The van der Waals surface area contributed by atoms with E-state index in [9.17, 15) is 4.79 Å². The maximum Gasteiger partial charge on any atom is 0.272 e. The van der Waals surface area contributed by atoms with Gasteiger partial charge in [0, 0.05) is 23.1 Å². The zero-order chi connectivity index (χ0) is 23.2. The maximum atomic E-state index is 13.1. The fourth-order valence-electron chi connectivity index (χ4n) is 3.50. The Balaban J connectivity index is 1.67. The lowest BCUT2D eigenvalue weighted by Crippen LogP contribution is -2.18. The lowest BCUT2D eigenvalue weighted by Gasteiger charge is -2.12. The smallest absolute Gasteiger partial charge is 0.272 e. The lowest BCUT2D eigenvalue weighted by atomic mass is 10.0. The molecule has 0 saturated carbocycles. The summed E-state index contributed by atoms with van der Waals surface area (Å²) in [6.45, 7) is 0. The monoisotopic (exact) mass is 441 g/mol. The Kier molecular flexibility index (Phi) is 6.50. The van der Waals surface area contributed by atoms with Crippen molar-refractivity contribution in [3.8, 4) is 28.5 Å². The van der Waals surface area contributed by atoms with Gasteiger partial charge in [0.25, 0.3) is 5.91 Å². The van der Waals surface area contributed by atoms with Crippen LogP contribution >= 0.6 is 0 Å². The van der Waals surface area contributed by atoms with Gasteiger partial charge < -0.3 is 14.2 Å². The van der Waals surface area contributed by atoms with Crippen LogP contribution in [0.4, 0.5) is 0 Å². The fraction of sp³-hybridized carbons (Fsp3) is 0.115. The molecule has 4 rings (SSSR count). The zero-order valence-electron chi connectivity index (χ0n) is 18.5. The number of nitrogens with zero attached hydrogens (tertiary/aromatic N) is 2. The number of rotatable bonds is 7. The number of fused-ring (bicyclic) bond motifs is 1. The molecule has 0 unspecified atom stereocenters. The van der Waals surface area contributed by atoms with Gasteiger partial charge in [-0.25, -0.2) is 10.4 Å². The number of carbonyl (C=O) groups excluding carboxylic acids is 1. The van der Waals surface area contributed by atoms with E-state index in [1.165, 1.54) is 6.21 Å². The molecule has 0 fully saturated rings. The number of aromatic nitrogens is 1. The Labute approximate surface area is 191 Å². The van der Waals surface area contributed by atoms with Crippen molar-refractivity contribution >= 4 is 23.0 Å². The molecule has 0 aliphatic rings. The van der Waals surface area contributed by atoms with Crippen LogP contribution in [0.2, 0.25) is 0 Å². The highest BCUT2D eigenvalue weighted by Gasteiger charge is 2.15. The van der Waals surface area contributed by atoms with Gasteiger partial charge in [-0.15, -0.1) is 0 Å². The number of amides is 1. The SMILES string of the molecule is COc1cc(OC)c(/C=N/NC(=O)c2cc(-c3ccccc3)nc3ccccc23)c(OC)c1. The van der Waals surface area contributed by atoms with E-state index in [1.807, 2.05) is 54.6 Å². The normalized spacial score (nSPS) is 10.9. The average Bonchev–Trinajstić information content (AvgIpc) is 2.88. The Bertz CT molecular complexity index is 1290. The first-order chi connectivity index (χ1) is 16.1. The van der Waals surface area contributed by atoms with Gasteiger partial charge in [-0.3, -0.25) is 4.79 Å². The van der Waals surface area contributed by atoms with Gasteiger partial charge in [0.15, 0.2) is 0 Å². The number of hydrogen-bond acceptors (Lipinski definition) is 6. The minimum absolute atomic E-state index is 0.353. The first-order valence-electron chi connectivity index (χ1n) is 10.2. The summed E-state index contributed by atoms with van der Waals surface area (Å²) in [6.07, 6.45) is 1.48. The van der Waals surface area contributed by atoms with Crippen molar-refractivity contribution in [3.63, 3.8) is 0 Å². The molecular formula is C26H23N3O4. The minimum Gasteiger partial charge on any atom is -0.496 e. The van der Waals surface area contributed by atoms with E-state index >= 15 is 0 Å². The van der Waals surface area contributed by atoms with Gasteiger partial charge in [0.1, 0.15) is 17.2 Å². The molecule has 3 aromatic carbocycles. The molecule has 4 aromatic rings. The van der Waals surface area contributed by atoms with E-state index in [0.29, 0.717) is 34.1 Å². The van der Waals surface area contributed by atoms with Gasteiger partial charge in [0.05, 0.1) is 49.9 Å². The van der Waals surface area contributed by atoms with Crippen LogP contribution in [0.3, 0.4) is 0 Å². The molecule has 0 bridgehead atoms. The molecule has 0 aliphatic heterocycles. The van der Waals surface area contributed by atoms with Gasteiger partial charge in [-0.05, 0) is 12.1 Å². The van der Waals surface area contributed by atoms with E-state index in [2.05, 4.69) is 10.5 Å². The second kappa shape index (κ2) is 9.82. The predicted molar refractivity (Wildman–Crippen MR) is 128 cm³/mol. The highest BCUT2D eigenvalue weighted by atomic mass is 16.5. The predicted octanol–water partition coefficient (Wildman–Crippen LogP) is 4.69. The summed E-state index contributed by atoms with van der Waals surface area (Å²) < 4.78 is 16.1. The van der Waals surface area contributed by atoms with Crippen molar-refractivity contribution in [1.29, 1.82) is 0 Å². The van der Waals surface area contributed by atoms with Crippen molar-refractivity contribution in [2.75, 3.05) is 21.3 Å². The van der Waals surface area contributed by atoms with Crippen LogP contribution in [-0.2, 0) is 0 Å². The third-order valence-electron chi connectivity index (χ3n) is 5.14. The number of hydrogen-bond donors (Lipinski definition) is 1. The first-order valence-corrected chi connectivity index (χ1v) is 10.2. The van der Waals surface area contributed by atoms with Crippen LogP contribution in [0.1, 0.15) is 15.9 Å². The van der Waals surface area contributed by atoms with Crippen LogP contribution in [0, 0.1) is 0 Å². The largest absolute Gasteiger partial charge is 0.496 e. The molecular weight excluding hydrogens is 418 g/mol. The summed E-state index contributed by atoms with van der Waals surface area (Å²) in [6, 6.07) is 22.5. The Morgan fingerprint density at radius 2 is 1.55 bits per heavy atom. The van der Waals surface area contributed by atoms with Crippen molar-refractivity contribution < 1.29 is 19.0 Å². The van der Waals surface area contributed by atoms with Crippen LogP contribution in [-0.4, -0.2) is 38.4 Å². The maximum absolute atomic E-state index is 13.1. The van der Waals surface area contributed by atoms with Crippen LogP contribution in [0.5, 0.6) is 17.2 Å². The highest BCUT2D eigenvalue weighted by molar-refractivity contribution is 6.07. The number of nitrogens with one attached hydrogen (secondary N) is 1. The number of pyridine rings is 1. The molecule has 1 aromatic heterocycles. The van der Waals surface area contributed by atoms with E-state index in [1.54, 1.807) is 39.5 Å². The van der Waals surface area contributed by atoms with E-state index in [0.717, 1.165) is 16.5 Å². The Hall–Kier alpha value is -4.39. The van der Waals surface area contributed by atoms with Gasteiger partial charge in [0.2, 0.25) is 0 Å². The van der Waals surface area contributed by atoms with Crippen LogP contribution < -0.4 is 19.6 Å². The van der Waals surface area contributed by atoms with Gasteiger partial charge >= 0.3 is 0 Å². The second-order valence-electron chi connectivity index (χ2n) is 7.08. The van der Waals surface area contributed by atoms with Crippen LogP contribution in [0.15, 0.2) is 77.9 Å². The highest BCUT2D eigenvalue weighted by Crippen LogP contribution is 2.32. The fourth-order valence-corrected chi connectivity index (χ4v) is 3.50. The molecule has 1 N–H and O–H groups in total. The topological polar surface area (TPSA) is 82.0 Å². The van der Waals surface area contributed by atoms with Gasteiger partial charge in [-0.2, -0.15) is 5.10 Å². The number of methoxy groups -OCH3 is 3. The molecule has 7 heteroatoms. The Morgan fingerprint density at radius 3 is 2.21 bits per heavy atom. The van der Waals surface area contributed by atoms with Crippen molar-refractivity contribution in [2.24, 2.45) is 5.10 Å². The number of ether oxygens (including phenoxy) is 3. The molecule has 166 valence electrons. The summed E-state index contributed by atoms with van der Waals surface area (Å²) in [5.41, 5.74) is 6.02. The van der Waals surface area contributed by atoms with E-state index < -0.39 is 0 Å². The summed E-state index contributed by atoms with van der Waals surface area (Å²) in [4.78, 5) is 17.8. The standard InChI is InChI=1S/C26H23N3O4/c1-31-18-13-24(32-2)21(25(14-18)33-3)16-27-29-26(30)20-15-23(17-9-5-4-6-10-17)28-22-12-8-7-11-19(20)22/h4-16H,1-3H3,(H,29,30)/b27-16+. The molecule has 0 aliphatic carbocycles. The van der Waals surface area contributed by atoms with Crippen molar-refractivity contribution in [1.82, 2.24) is 10.4 Å². The third kappa shape index (κ3) is 4.62. The first kappa shape index (κ1) is 21.8. The summed E-state index contributed by atoms with van der Waals surface area (Å²) in [5, 5.41) is 4.89. The summed E-state index contributed by atoms with van der Waals surface area (Å²) in [7, 11) is 4.64. The summed E-state index contributed by atoms with van der Waals surface area (Å²) in [5.74, 6) is 1.24. The molecule has 33 heavy (non-hydrogen) atoms. The van der Waals surface area contributed by atoms with Crippen LogP contribution in [0.25, 0.3) is 22.2 Å². The molecule has 0 saturated heterocycles. The average molecular weight is 441 g/mol. The molecule has 0 radical (unpaired) electrons. The summed E-state index contributed by atoms with van der Waals surface area (Å²) >= 11 is 0. The van der Waals surface area contributed by atoms with E-state index in [4.69, 9.17) is 19.2 Å². The van der Waals surface area contributed by atoms with Crippen molar-refractivity contribution in [2.45, 2.75) is 0 Å². The third-order valence-corrected chi connectivity index (χ3v) is 5.14. The van der Waals surface area contributed by atoms with Gasteiger partial charge in [-0.1, -0.05) is 48.5 Å². The lowest BCUT2D eigenvalue weighted by molar-refractivity contribution is 0.0956. The zero-order valence-corrected chi connectivity index (χ0v) is 18.5. The molecule has 7 nitrogen and oxygen atoms in total. The number of benzene rings is 3. The molecule has 0 atom stereocenters.